The summed E-state index contributed by atoms with van der Waals surface area (Å²) in [6, 6.07) is 15.4. The van der Waals surface area contributed by atoms with E-state index in [1.165, 1.54) is 0 Å². The first-order valence-electron chi connectivity index (χ1n) is 7.68. The number of nitrogens with zero attached hydrogens (tertiary/aromatic N) is 4. The summed E-state index contributed by atoms with van der Waals surface area (Å²) in [5, 5.41) is 5.46. The van der Waals surface area contributed by atoms with Gasteiger partial charge in [0.1, 0.15) is 17.5 Å². The first-order valence-corrected chi connectivity index (χ1v) is 8.43. The van der Waals surface area contributed by atoms with Gasteiger partial charge in [0, 0.05) is 32.9 Å². The molecule has 0 spiro atoms. The number of hydrogen-bond acceptors (Lipinski definition) is 3. The molecule has 1 aliphatic heterocycles. The van der Waals surface area contributed by atoms with Crippen LogP contribution in [0.15, 0.2) is 66.0 Å². The van der Waals surface area contributed by atoms with Crippen LogP contribution in [0.5, 0.6) is 0 Å². The molecule has 0 N–H and O–H groups in total. The SMILES string of the molecule is Clc1cc(Cl)cc(C2=Nc3ccccc3-c3ncnn4ccc2c34)c1. The molecule has 0 atom stereocenters. The molecule has 0 aliphatic carbocycles. The molecule has 0 bridgehead atoms. The lowest BCUT2D eigenvalue weighted by Crippen LogP contribution is -2.03. The molecule has 3 heterocycles. The van der Waals surface area contributed by atoms with Gasteiger partial charge in [0.2, 0.25) is 0 Å². The van der Waals surface area contributed by atoms with Gasteiger partial charge in [-0.3, -0.25) is 0 Å². The van der Waals surface area contributed by atoms with Crippen molar-refractivity contribution in [2.24, 2.45) is 4.99 Å². The molecule has 4 nitrogen and oxygen atoms in total. The van der Waals surface area contributed by atoms with Gasteiger partial charge < -0.3 is 0 Å². The van der Waals surface area contributed by atoms with E-state index >= 15 is 0 Å². The van der Waals surface area contributed by atoms with E-state index in [1.807, 2.05) is 53.2 Å². The summed E-state index contributed by atoms with van der Waals surface area (Å²) in [5.74, 6) is 0. The van der Waals surface area contributed by atoms with Gasteiger partial charge in [0.15, 0.2) is 0 Å². The Balaban J connectivity index is 1.92. The quantitative estimate of drug-likeness (QED) is 0.411. The van der Waals surface area contributed by atoms with Crippen LogP contribution in [-0.4, -0.2) is 20.3 Å². The molecule has 0 saturated heterocycles. The molecule has 4 aromatic rings. The summed E-state index contributed by atoms with van der Waals surface area (Å²) < 4.78 is 1.82. The third-order valence-electron chi connectivity index (χ3n) is 4.24. The van der Waals surface area contributed by atoms with Crippen molar-refractivity contribution >= 4 is 40.1 Å². The van der Waals surface area contributed by atoms with Crippen LogP contribution in [0.25, 0.3) is 16.8 Å². The Labute approximate surface area is 153 Å². The second-order valence-corrected chi connectivity index (χ2v) is 6.64. The molecule has 0 fully saturated rings. The second kappa shape index (κ2) is 5.41. The Kier molecular flexibility index (Phi) is 3.17. The predicted molar refractivity (Wildman–Crippen MR) is 100 cm³/mol. The average Bonchev–Trinajstić information content (AvgIpc) is 2.96. The van der Waals surface area contributed by atoms with E-state index in [9.17, 15) is 0 Å². The highest BCUT2D eigenvalue weighted by Gasteiger charge is 2.22. The van der Waals surface area contributed by atoms with E-state index in [-0.39, 0.29) is 0 Å². The molecule has 0 unspecified atom stereocenters. The van der Waals surface area contributed by atoms with Crippen molar-refractivity contribution in [2.75, 3.05) is 0 Å². The van der Waals surface area contributed by atoms with Crippen molar-refractivity contribution in [3.05, 3.63) is 82.2 Å². The van der Waals surface area contributed by atoms with Crippen molar-refractivity contribution in [3.8, 4) is 11.3 Å². The highest BCUT2D eigenvalue weighted by molar-refractivity contribution is 6.36. The highest BCUT2D eigenvalue weighted by atomic mass is 35.5. The molecule has 0 amide bonds. The topological polar surface area (TPSA) is 42.5 Å². The molecule has 120 valence electrons. The summed E-state index contributed by atoms with van der Waals surface area (Å²) in [5.41, 5.74) is 6.21. The smallest absolute Gasteiger partial charge is 0.137 e. The van der Waals surface area contributed by atoms with Gasteiger partial charge in [-0.05, 0) is 30.3 Å². The van der Waals surface area contributed by atoms with E-state index in [0.717, 1.165) is 39.3 Å². The van der Waals surface area contributed by atoms with Gasteiger partial charge in [-0.1, -0.05) is 41.4 Å². The van der Waals surface area contributed by atoms with Crippen LogP contribution in [-0.2, 0) is 0 Å². The summed E-state index contributed by atoms with van der Waals surface area (Å²) in [7, 11) is 0. The van der Waals surface area contributed by atoms with E-state index in [1.54, 1.807) is 12.4 Å². The first kappa shape index (κ1) is 14.6. The minimum absolute atomic E-state index is 0.572. The van der Waals surface area contributed by atoms with Crippen LogP contribution in [0, 0.1) is 0 Å². The Hall–Kier alpha value is -2.69. The van der Waals surface area contributed by atoms with Crippen molar-refractivity contribution < 1.29 is 0 Å². The normalized spacial score (nSPS) is 12.6. The third kappa shape index (κ3) is 2.26. The fourth-order valence-electron chi connectivity index (χ4n) is 3.21. The lowest BCUT2D eigenvalue weighted by Gasteiger charge is -2.07. The average molecular weight is 365 g/mol. The number of benzene rings is 2. The molecule has 0 saturated carbocycles. The molecule has 2 aromatic heterocycles. The largest absolute Gasteiger partial charge is 0.247 e. The number of para-hydroxylation sites is 1. The lowest BCUT2D eigenvalue weighted by molar-refractivity contribution is 0.906. The monoisotopic (exact) mass is 364 g/mol. The zero-order valence-electron chi connectivity index (χ0n) is 12.8. The molecular formula is C19H10Cl2N4. The fraction of sp³-hybridized carbons (Fsp3) is 0. The van der Waals surface area contributed by atoms with Crippen LogP contribution in [0.3, 0.4) is 0 Å². The number of hydrogen-bond donors (Lipinski definition) is 0. The highest BCUT2D eigenvalue weighted by Crippen LogP contribution is 2.38. The minimum Gasteiger partial charge on any atom is -0.247 e. The molecule has 25 heavy (non-hydrogen) atoms. The molecule has 2 aromatic carbocycles. The van der Waals surface area contributed by atoms with E-state index < -0.39 is 0 Å². The zero-order chi connectivity index (χ0) is 17.0. The molecular weight excluding hydrogens is 355 g/mol. The van der Waals surface area contributed by atoms with E-state index in [0.29, 0.717) is 10.0 Å². The Bertz CT molecular complexity index is 1160. The van der Waals surface area contributed by atoms with E-state index in [4.69, 9.17) is 28.2 Å². The summed E-state index contributed by atoms with van der Waals surface area (Å²) in [4.78, 5) is 9.44. The van der Waals surface area contributed by atoms with Crippen molar-refractivity contribution in [2.45, 2.75) is 0 Å². The van der Waals surface area contributed by atoms with Crippen LogP contribution in [0.1, 0.15) is 11.1 Å². The first-order chi connectivity index (χ1) is 12.2. The Morgan fingerprint density at radius 1 is 0.880 bits per heavy atom. The number of aliphatic imine (C=N–C) groups is 1. The van der Waals surface area contributed by atoms with Gasteiger partial charge in [-0.15, -0.1) is 0 Å². The van der Waals surface area contributed by atoms with Gasteiger partial charge in [-0.2, -0.15) is 5.10 Å². The molecule has 5 rings (SSSR count). The molecule has 1 aliphatic rings. The summed E-state index contributed by atoms with van der Waals surface area (Å²) in [6.07, 6.45) is 3.47. The maximum Gasteiger partial charge on any atom is 0.137 e. The molecule has 6 heteroatoms. The maximum absolute atomic E-state index is 6.22. The van der Waals surface area contributed by atoms with Crippen molar-refractivity contribution in [1.82, 2.24) is 14.6 Å². The molecule has 0 radical (unpaired) electrons. The summed E-state index contributed by atoms with van der Waals surface area (Å²) in [6.45, 7) is 0. The van der Waals surface area contributed by atoms with Crippen LogP contribution < -0.4 is 0 Å². The van der Waals surface area contributed by atoms with Gasteiger partial charge in [0.05, 0.1) is 11.4 Å². The zero-order valence-corrected chi connectivity index (χ0v) is 14.3. The van der Waals surface area contributed by atoms with Crippen molar-refractivity contribution in [1.29, 1.82) is 0 Å². The van der Waals surface area contributed by atoms with Gasteiger partial charge in [0.25, 0.3) is 0 Å². The minimum atomic E-state index is 0.572. The van der Waals surface area contributed by atoms with Gasteiger partial charge in [-0.25, -0.2) is 14.5 Å². The lowest BCUT2D eigenvalue weighted by atomic mass is 10.0. The van der Waals surface area contributed by atoms with Crippen LogP contribution >= 0.6 is 23.2 Å². The second-order valence-electron chi connectivity index (χ2n) is 5.77. The van der Waals surface area contributed by atoms with Crippen LogP contribution in [0.2, 0.25) is 10.0 Å². The number of halogens is 2. The predicted octanol–water partition coefficient (Wildman–Crippen LogP) is 5.19. The number of fused-ring (bicyclic) bond motifs is 2. The summed E-state index contributed by atoms with van der Waals surface area (Å²) >= 11 is 12.4. The Morgan fingerprint density at radius 3 is 2.52 bits per heavy atom. The van der Waals surface area contributed by atoms with Gasteiger partial charge >= 0.3 is 0 Å². The van der Waals surface area contributed by atoms with Crippen LogP contribution in [0.4, 0.5) is 5.69 Å². The fourth-order valence-corrected chi connectivity index (χ4v) is 3.73. The van der Waals surface area contributed by atoms with Crippen molar-refractivity contribution in [3.63, 3.8) is 0 Å². The maximum atomic E-state index is 6.22. The number of rotatable bonds is 1. The Morgan fingerprint density at radius 2 is 1.68 bits per heavy atom. The third-order valence-corrected chi connectivity index (χ3v) is 4.67. The van der Waals surface area contributed by atoms with E-state index in [2.05, 4.69) is 10.1 Å². The standard InChI is InChI=1S/C19H10Cl2N4/c20-12-7-11(8-13(21)9-12)17-15-5-6-25-19(15)18(22-10-23-25)14-3-1-2-4-16(14)24-17/h1-10H. The number of aromatic nitrogens is 3.